The second kappa shape index (κ2) is 13.2. The van der Waals surface area contributed by atoms with Crippen LogP contribution in [-0.2, 0) is 19.2 Å². The largest absolute Gasteiger partial charge is 0.328 e. The van der Waals surface area contributed by atoms with Crippen LogP contribution in [0, 0.1) is 0 Å². The first-order valence-corrected chi connectivity index (χ1v) is 7.10. The average Bonchev–Trinajstić information content (AvgIpc) is 2.46. The van der Waals surface area contributed by atoms with Crippen LogP contribution in [0.25, 0.3) is 0 Å². The second-order valence-corrected chi connectivity index (χ2v) is 4.12. The molecule has 0 heterocycles. The number of carbonyl (C=O) groups excluding carboxylic acids is 4. The molecule has 0 saturated carbocycles. The molecular weight excluding hydrogens is 272 g/mol. The molecular formula is C15H26N2O4. The van der Waals surface area contributed by atoms with Gasteiger partial charge >= 0.3 is 0 Å². The molecule has 0 spiro atoms. The van der Waals surface area contributed by atoms with E-state index in [1.807, 2.05) is 13.8 Å². The lowest BCUT2D eigenvalue weighted by atomic mass is 10.0. The zero-order valence-electron chi connectivity index (χ0n) is 13.3. The predicted molar refractivity (Wildman–Crippen MR) is 81.5 cm³/mol. The predicted octanol–water partition coefficient (Wildman–Crippen LogP) is 1.23. The Hall–Kier alpha value is -1.82. The van der Waals surface area contributed by atoms with E-state index in [1.165, 1.54) is 19.1 Å². The van der Waals surface area contributed by atoms with Crippen molar-refractivity contribution in [3.63, 3.8) is 0 Å². The first-order valence-electron chi connectivity index (χ1n) is 7.10. The SMILES string of the molecule is C/C=C\C(=O)N(C=O)C(CN)C(=O)CCCC(C)=O.CC. The van der Waals surface area contributed by atoms with Gasteiger partial charge in [0.05, 0.1) is 0 Å². The van der Waals surface area contributed by atoms with Gasteiger partial charge in [0.15, 0.2) is 5.78 Å². The number of ketones is 2. The summed E-state index contributed by atoms with van der Waals surface area (Å²) in [7, 11) is 0. The molecule has 0 aromatic rings. The van der Waals surface area contributed by atoms with E-state index in [4.69, 9.17) is 5.73 Å². The topological polar surface area (TPSA) is 97.5 Å². The third kappa shape index (κ3) is 8.86. The molecule has 0 radical (unpaired) electrons. The van der Waals surface area contributed by atoms with Crippen LogP contribution in [-0.4, -0.2) is 41.4 Å². The quantitative estimate of drug-likeness (QED) is 0.510. The van der Waals surface area contributed by atoms with Crippen molar-refractivity contribution in [2.45, 2.75) is 53.0 Å². The summed E-state index contributed by atoms with van der Waals surface area (Å²) in [6.45, 7) is 6.95. The average molecular weight is 298 g/mol. The molecule has 120 valence electrons. The first-order chi connectivity index (χ1) is 9.97. The van der Waals surface area contributed by atoms with Gasteiger partial charge in [-0.15, -0.1) is 0 Å². The van der Waals surface area contributed by atoms with Crippen molar-refractivity contribution in [3.8, 4) is 0 Å². The van der Waals surface area contributed by atoms with Crippen LogP contribution in [0.1, 0.15) is 47.0 Å². The van der Waals surface area contributed by atoms with Crippen LogP contribution in [0.15, 0.2) is 12.2 Å². The van der Waals surface area contributed by atoms with E-state index in [0.717, 1.165) is 4.90 Å². The van der Waals surface area contributed by atoms with E-state index >= 15 is 0 Å². The lowest BCUT2D eigenvalue weighted by Gasteiger charge is -2.23. The Morgan fingerprint density at radius 1 is 1.19 bits per heavy atom. The minimum atomic E-state index is -0.965. The van der Waals surface area contributed by atoms with Gasteiger partial charge in [0.25, 0.3) is 5.91 Å². The zero-order chi connectivity index (χ0) is 16.8. The number of nitrogens with zero attached hydrogens (tertiary/aromatic N) is 1. The van der Waals surface area contributed by atoms with Gasteiger partial charge in [-0.3, -0.25) is 19.3 Å². The van der Waals surface area contributed by atoms with E-state index < -0.39 is 11.9 Å². The van der Waals surface area contributed by atoms with E-state index in [1.54, 1.807) is 6.92 Å². The number of Topliss-reactive ketones (excluding diaryl/α,β-unsaturated/α-hetero) is 2. The standard InChI is InChI=1S/C13H20N2O4.C2H6/c1-3-5-13(19)15(9-16)11(8-14)12(18)7-4-6-10(2)17;1-2/h3,5,9,11H,4,6-8,14H2,1-2H3;1-2H3/b5-3-;. The fraction of sp³-hybridized carbons (Fsp3) is 0.600. The smallest absolute Gasteiger partial charge is 0.253 e. The van der Waals surface area contributed by atoms with Gasteiger partial charge in [0, 0.05) is 19.4 Å². The van der Waals surface area contributed by atoms with Gasteiger partial charge in [-0.1, -0.05) is 19.9 Å². The van der Waals surface area contributed by atoms with Crippen molar-refractivity contribution < 1.29 is 19.2 Å². The summed E-state index contributed by atoms with van der Waals surface area (Å²) >= 11 is 0. The van der Waals surface area contributed by atoms with Gasteiger partial charge in [-0.2, -0.15) is 0 Å². The minimum absolute atomic E-state index is 0.00525. The number of nitrogens with two attached hydrogens (primary N) is 1. The molecule has 0 aromatic carbocycles. The number of hydrogen-bond donors (Lipinski definition) is 1. The van der Waals surface area contributed by atoms with Gasteiger partial charge in [0.2, 0.25) is 6.41 Å². The van der Waals surface area contributed by atoms with Gasteiger partial charge in [0.1, 0.15) is 11.8 Å². The van der Waals surface area contributed by atoms with Crippen LogP contribution < -0.4 is 5.73 Å². The summed E-state index contributed by atoms with van der Waals surface area (Å²) in [5.74, 6) is -0.893. The molecule has 6 heteroatoms. The maximum atomic E-state index is 11.9. The third-order valence-corrected chi connectivity index (χ3v) is 2.56. The molecule has 0 aliphatic heterocycles. The molecule has 21 heavy (non-hydrogen) atoms. The molecule has 0 saturated heterocycles. The molecule has 1 unspecified atom stereocenters. The fourth-order valence-electron chi connectivity index (χ4n) is 1.59. The molecule has 1 atom stereocenters. The maximum Gasteiger partial charge on any atom is 0.253 e. The number of carbonyl (C=O) groups is 4. The summed E-state index contributed by atoms with van der Waals surface area (Å²) in [6.07, 6.45) is 3.80. The van der Waals surface area contributed by atoms with E-state index in [0.29, 0.717) is 19.3 Å². The molecule has 2 N–H and O–H groups in total. The van der Waals surface area contributed by atoms with Gasteiger partial charge in [-0.25, -0.2) is 0 Å². The Bertz CT molecular complexity index is 378. The highest BCUT2D eigenvalue weighted by Gasteiger charge is 2.26. The minimum Gasteiger partial charge on any atom is -0.328 e. The number of imide groups is 1. The van der Waals surface area contributed by atoms with Crippen LogP contribution in [0.2, 0.25) is 0 Å². The van der Waals surface area contributed by atoms with E-state index in [-0.39, 0.29) is 24.5 Å². The summed E-state index contributed by atoms with van der Waals surface area (Å²) in [5.41, 5.74) is 5.45. The van der Waals surface area contributed by atoms with Crippen LogP contribution in [0.5, 0.6) is 0 Å². The normalized spacial score (nSPS) is 11.3. The van der Waals surface area contributed by atoms with Gasteiger partial charge in [-0.05, 0) is 26.3 Å². The molecule has 0 aliphatic carbocycles. The fourth-order valence-corrected chi connectivity index (χ4v) is 1.59. The summed E-state index contributed by atoms with van der Waals surface area (Å²) < 4.78 is 0. The van der Waals surface area contributed by atoms with Crippen molar-refractivity contribution in [3.05, 3.63) is 12.2 Å². The molecule has 2 amide bonds. The highest BCUT2D eigenvalue weighted by atomic mass is 16.2. The summed E-state index contributed by atoms with van der Waals surface area (Å²) in [6, 6.07) is -0.965. The monoisotopic (exact) mass is 298 g/mol. The molecule has 0 aromatic heterocycles. The number of allylic oxidation sites excluding steroid dienone is 1. The number of rotatable bonds is 9. The lowest BCUT2D eigenvalue weighted by Crippen LogP contribution is -2.48. The first kappa shape index (κ1) is 21.5. The highest BCUT2D eigenvalue weighted by Crippen LogP contribution is 2.06. The van der Waals surface area contributed by atoms with Crippen LogP contribution in [0.4, 0.5) is 0 Å². The van der Waals surface area contributed by atoms with E-state index in [2.05, 4.69) is 0 Å². The summed E-state index contributed by atoms with van der Waals surface area (Å²) in [4.78, 5) is 46.0. The number of hydrogen-bond acceptors (Lipinski definition) is 5. The molecule has 0 fully saturated rings. The van der Waals surface area contributed by atoms with E-state index in [9.17, 15) is 19.2 Å². The second-order valence-electron chi connectivity index (χ2n) is 4.12. The summed E-state index contributed by atoms with van der Waals surface area (Å²) in [5, 5.41) is 0. The Labute approximate surface area is 126 Å². The molecule has 0 aliphatic rings. The van der Waals surface area contributed by atoms with Crippen LogP contribution >= 0.6 is 0 Å². The van der Waals surface area contributed by atoms with Crippen molar-refractivity contribution in [2.24, 2.45) is 5.73 Å². The molecule has 6 nitrogen and oxygen atoms in total. The molecule has 0 rings (SSSR count). The Balaban J connectivity index is 0. The van der Waals surface area contributed by atoms with Crippen molar-refractivity contribution in [2.75, 3.05) is 6.54 Å². The maximum absolute atomic E-state index is 11.9. The zero-order valence-corrected chi connectivity index (χ0v) is 13.3. The highest BCUT2D eigenvalue weighted by molar-refractivity contribution is 5.99. The molecule has 0 bridgehead atoms. The van der Waals surface area contributed by atoms with Crippen molar-refractivity contribution >= 4 is 23.9 Å². The van der Waals surface area contributed by atoms with Crippen molar-refractivity contribution in [1.29, 1.82) is 0 Å². The Kier molecular flexibility index (Phi) is 13.5. The van der Waals surface area contributed by atoms with Crippen molar-refractivity contribution in [1.82, 2.24) is 4.90 Å². The Morgan fingerprint density at radius 2 is 1.76 bits per heavy atom. The number of amides is 2. The third-order valence-electron chi connectivity index (χ3n) is 2.56. The van der Waals surface area contributed by atoms with Gasteiger partial charge < -0.3 is 10.5 Å². The Morgan fingerprint density at radius 3 is 2.14 bits per heavy atom. The lowest BCUT2D eigenvalue weighted by molar-refractivity contribution is -0.142. The van der Waals surface area contributed by atoms with Crippen LogP contribution in [0.3, 0.4) is 0 Å².